The van der Waals surface area contributed by atoms with Gasteiger partial charge in [-0.2, -0.15) is 10.2 Å². The quantitative estimate of drug-likeness (QED) is 0.868. The molecule has 0 saturated carbocycles. The van der Waals surface area contributed by atoms with E-state index < -0.39 is 0 Å². The maximum atomic E-state index is 12.1. The summed E-state index contributed by atoms with van der Waals surface area (Å²) in [5.74, 6) is 0.0862. The summed E-state index contributed by atoms with van der Waals surface area (Å²) in [5, 5.41) is 13.8. The minimum absolute atomic E-state index is 0.170. The highest BCUT2D eigenvalue weighted by molar-refractivity contribution is 6.05. The molecule has 2 N–H and O–H groups in total. The van der Waals surface area contributed by atoms with E-state index in [0.29, 0.717) is 5.56 Å². The molecule has 0 unspecified atom stereocenters. The zero-order valence-electron chi connectivity index (χ0n) is 11.0. The molecule has 0 aromatic carbocycles. The lowest BCUT2D eigenvalue weighted by Gasteiger charge is -2.06. The number of anilines is 1. The molecule has 0 radical (unpaired) electrons. The molecule has 2 aromatic heterocycles. The van der Waals surface area contributed by atoms with E-state index in [4.69, 9.17) is 0 Å². The molecule has 0 bridgehead atoms. The number of aromatic nitrogens is 4. The van der Waals surface area contributed by atoms with Crippen LogP contribution in [0.1, 0.15) is 41.5 Å². The zero-order chi connectivity index (χ0) is 13.3. The summed E-state index contributed by atoms with van der Waals surface area (Å²) in [5.41, 5.74) is 2.93. The van der Waals surface area contributed by atoms with Crippen LogP contribution in [0.25, 0.3) is 0 Å². The summed E-state index contributed by atoms with van der Waals surface area (Å²) in [7, 11) is 1.84. The van der Waals surface area contributed by atoms with Gasteiger partial charge in [0.05, 0.1) is 23.1 Å². The molecule has 0 aliphatic carbocycles. The molecule has 1 amide bonds. The van der Waals surface area contributed by atoms with Crippen molar-refractivity contribution in [2.75, 3.05) is 5.32 Å². The molecular weight excluding hydrogens is 230 g/mol. The molecule has 96 valence electrons. The van der Waals surface area contributed by atoms with Gasteiger partial charge in [-0.3, -0.25) is 14.6 Å². The van der Waals surface area contributed by atoms with Gasteiger partial charge in [-0.05, 0) is 12.8 Å². The van der Waals surface area contributed by atoms with Crippen LogP contribution in [0.5, 0.6) is 0 Å². The van der Waals surface area contributed by atoms with Gasteiger partial charge in [0.25, 0.3) is 5.91 Å². The fourth-order valence-corrected chi connectivity index (χ4v) is 1.80. The van der Waals surface area contributed by atoms with Crippen LogP contribution in [0.4, 0.5) is 5.69 Å². The Morgan fingerprint density at radius 3 is 2.78 bits per heavy atom. The Morgan fingerprint density at radius 2 is 2.22 bits per heavy atom. The van der Waals surface area contributed by atoms with E-state index in [1.54, 1.807) is 4.68 Å². The van der Waals surface area contributed by atoms with Crippen LogP contribution < -0.4 is 5.32 Å². The largest absolute Gasteiger partial charge is 0.319 e. The Morgan fingerprint density at radius 1 is 1.50 bits per heavy atom. The SMILES string of the molecule is Cc1[nH]ncc1C(=O)Nc1cn(C)nc1C(C)C. The topological polar surface area (TPSA) is 75.6 Å². The van der Waals surface area contributed by atoms with Gasteiger partial charge >= 0.3 is 0 Å². The van der Waals surface area contributed by atoms with E-state index in [1.807, 2.05) is 34.0 Å². The van der Waals surface area contributed by atoms with Crippen LogP contribution in [0.15, 0.2) is 12.4 Å². The first-order chi connectivity index (χ1) is 8.49. The second kappa shape index (κ2) is 4.64. The molecular formula is C12H17N5O. The number of aryl methyl sites for hydroxylation is 2. The highest BCUT2D eigenvalue weighted by Gasteiger charge is 2.16. The van der Waals surface area contributed by atoms with Crippen LogP contribution in [0.3, 0.4) is 0 Å². The summed E-state index contributed by atoms with van der Waals surface area (Å²) in [6.07, 6.45) is 3.33. The summed E-state index contributed by atoms with van der Waals surface area (Å²) < 4.78 is 1.70. The van der Waals surface area contributed by atoms with Crippen LogP contribution in [0, 0.1) is 6.92 Å². The number of nitrogens with one attached hydrogen (secondary N) is 2. The van der Waals surface area contributed by atoms with Crippen molar-refractivity contribution in [3.05, 3.63) is 29.3 Å². The highest BCUT2D eigenvalue weighted by atomic mass is 16.1. The first-order valence-electron chi connectivity index (χ1n) is 5.84. The van der Waals surface area contributed by atoms with Crippen molar-refractivity contribution in [3.63, 3.8) is 0 Å². The summed E-state index contributed by atoms with van der Waals surface area (Å²) in [6, 6.07) is 0. The van der Waals surface area contributed by atoms with E-state index in [-0.39, 0.29) is 11.8 Å². The Bertz CT molecular complexity index is 567. The second-order valence-corrected chi connectivity index (χ2v) is 4.62. The van der Waals surface area contributed by atoms with Crippen LogP contribution in [-0.2, 0) is 7.05 Å². The maximum Gasteiger partial charge on any atom is 0.259 e. The summed E-state index contributed by atoms with van der Waals surface area (Å²) in [4.78, 5) is 12.1. The van der Waals surface area contributed by atoms with Gasteiger partial charge in [-0.15, -0.1) is 0 Å². The molecule has 0 atom stereocenters. The number of carbonyl (C=O) groups is 1. The number of amides is 1. The van der Waals surface area contributed by atoms with Crippen molar-refractivity contribution in [2.24, 2.45) is 7.05 Å². The maximum absolute atomic E-state index is 12.1. The molecule has 6 nitrogen and oxygen atoms in total. The molecule has 0 aliphatic rings. The standard InChI is InChI=1S/C12H17N5O/c1-7(2)11-10(6-17(4)16-11)14-12(18)9-5-13-15-8(9)3/h5-7H,1-4H3,(H,13,15)(H,14,18). The molecule has 2 heterocycles. The third kappa shape index (κ3) is 2.27. The smallest absolute Gasteiger partial charge is 0.259 e. The Kier molecular flexibility index (Phi) is 3.18. The van der Waals surface area contributed by atoms with E-state index in [9.17, 15) is 4.79 Å². The molecule has 2 aromatic rings. The summed E-state index contributed by atoms with van der Waals surface area (Å²) >= 11 is 0. The Labute approximate surface area is 105 Å². The lowest BCUT2D eigenvalue weighted by molar-refractivity contribution is 0.102. The van der Waals surface area contributed by atoms with Gasteiger partial charge in [0, 0.05) is 18.9 Å². The number of rotatable bonds is 3. The molecule has 18 heavy (non-hydrogen) atoms. The van der Waals surface area contributed by atoms with Gasteiger partial charge in [0.15, 0.2) is 0 Å². The normalized spacial score (nSPS) is 10.9. The molecule has 0 fully saturated rings. The number of hydrogen-bond donors (Lipinski definition) is 2. The van der Waals surface area contributed by atoms with Crippen molar-refractivity contribution < 1.29 is 4.79 Å². The molecule has 0 aliphatic heterocycles. The zero-order valence-corrected chi connectivity index (χ0v) is 11.0. The average molecular weight is 247 g/mol. The highest BCUT2D eigenvalue weighted by Crippen LogP contribution is 2.22. The third-order valence-electron chi connectivity index (χ3n) is 2.73. The van der Waals surface area contributed by atoms with Crippen molar-refractivity contribution in [1.29, 1.82) is 0 Å². The second-order valence-electron chi connectivity index (χ2n) is 4.62. The number of nitrogens with zero attached hydrogens (tertiary/aromatic N) is 3. The van der Waals surface area contributed by atoms with Gasteiger partial charge in [0.1, 0.15) is 0 Å². The average Bonchev–Trinajstić information content (AvgIpc) is 2.84. The first kappa shape index (κ1) is 12.3. The van der Waals surface area contributed by atoms with Crippen molar-refractivity contribution in [2.45, 2.75) is 26.7 Å². The van der Waals surface area contributed by atoms with Crippen molar-refractivity contribution >= 4 is 11.6 Å². The Balaban J connectivity index is 2.24. The van der Waals surface area contributed by atoms with Crippen molar-refractivity contribution in [1.82, 2.24) is 20.0 Å². The van der Waals surface area contributed by atoms with Crippen LogP contribution >= 0.6 is 0 Å². The Hall–Kier alpha value is -2.11. The van der Waals surface area contributed by atoms with Gasteiger partial charge in [0.2, 0.25) is 0 Å². The van der Waals surface area contributed by atoms with Gasteiger partial charge in [-0.1, -0.05) is 13.8 Å². The fraction of sp³-hybridized carbons (Fsp3) is 0.417. The van der Waals surface area contributed by atoms with Crippen LogP contribution in [-0.4, -0.2) is 25.9 Å². The predicted octanol–water partition coefficient (Wildman–Crippen LogP) is 1.83. The molecule has 0 spiro atoms. The van der Waals surface area contributed by atoms with Crippen LogP contribution in [0.2, 0.25) is 0 Å². The number of aromatic amines is 1. The molecule has 6 heteroatoms. The number of H-pyrrole nitrogens is 1. The van der Waals surface area contributed by atoms with Crippen molar-refractivity contribution in [3.8, 4) is 0 Å². The molecule has 2 rings (SSSR count). The minimum atomic E-state index is -0.170. The lowest BCUT2D eigenvalue weighted by atomic mass is 10.1. The van der Waals surface area contributed by atoms with E-state index in [1.165, 1.54) is 6.20 Å². The first-order valence-corrected chi connectivity index (χ1v) is 5.84. The van der Waals surface area contributed by atoms with E-state index in [0.717, 1.165) is 17.1 Å². The van der Waals surface area contributed by atoms with E-state index >= 15 is 0 Å². The number of hydrogen-bond acceptors (Lipinski definition) is 3. The van der Waals surface area contributed by atoms with E-state index in [2.05, 4.69) is 20.6 Å². The fourth-order valence-electron chi connectivity index (χ4n) is 1.80. The lowest BCUT2D eigenvalue weighted by Crippen LogP contribution is -2.13. The molecule has 0 saturated heterocycles. The monoisotopic (exact) mass is 247 g/mol. The van der Waals surface area contributed by atoms with Gasteiger partial charge in [-0.25, -0.2) is 0 Å². The summed E-state index contributed by atoms with van der Waals surface area (Å²) in [6.45, 7) is 5.90. The predicted molar refractivity (Wildman–Crippen MR) is 68.6 cm³/mol. The van der Waals surface area contributed by atoms with Gasteiger partial charge < -0.3 is 5.32 Å². The minimum Gasteiger partial charge on any atom is -0.319 e. The number of carbonyl (C=O) groups excluding carboxylic acids is 1. The third-order valence-corrected chi connectivity index (χ3v) is 2.73.